The molecule has 0 aliphatic heterocycles. The molecule has 1 heterocycles. The van der Waals surface area contributed by atoms with Gasteiger partial charge in [0.2, 0.25) is 0 Å². The molecular weight excluding hydrogens is 216 g/mol. The zero-order chi connectivity index (χ0) is 12.1. The van der Waals surface area contributed by atoms with Gasteiger partial charge in [-0.15, -0.1) is 0 Å². The van der Waals surface area contributed by atoms with Crippen LogP contribution in [-0.4, -0.2) is 24.4 Å². The summed E-state index contributed by atoms with van der Waals surface area (Å²) in [5, 5.41) is 7.93. The van der Waals surface area contributed by atoms with Gasteiger partial charge in [-0.05, 0) is 18.2 Å². The third-order valence-electron chi connectivity index (χ3n) is 2.52. The predicted molar refractivity (Wildman–Crippen MR) is 63.9 cm³/mol. The molecule has 4 heteroatoms. The standard InChI is InChI=1S/C13H14N2O2/c1-16-12-8-4-3-6-10(12)13(17-2)11-7-5-9-14-15-11/h3-9,13H,1-2H3. The molecular formula is C13H14N2O2. The van der Waals surface area contributed by atoms with Gasteiger partial charge in [-0.3, -0.25) is 0 Å². The van der Waals surface area contributed by atoms with Crippen LogP contribution in [0.2, 0.25) is 0 Å². The fourth-order valence-corrected chi connectivity index (χ4v) is 1.74. The number of ether oxygens (including phenoxy) is 2. The zero-order valence-electron chi connectivity index (χ0n) is 9.83. The molecule has 0 radical (unpaired) electrons. The molecule has 1 aromatic heterocycles. The highest BCUT2D eigenvalue weighted by Gasteiger charge is 2.18. The van der Waals surface area contributed by atoms with Crippen molar-refractivity contribution in [2.24, 2.45) is 0 Å². The smallest absolute Gasteiger partial charge is 0.129 e. The van der Waals surface area contributed by atoms with E-state index in [0.717, 1.165) is 17.0 Å². The van der Waals surface area contributed by atoms with Crippen molar-refractivity contribution in [3.05, 3.63) is 53.9 Å². The average Bonchev–Trinajstić information content (AvgIpc) is 2.41. The zero-order valence-corrected chi connectivity index (χ0v) is 9.83. The summed E-state index contributed by atoms with van der Waals surface area (Å²) in [6, 6.07) is 11.4. The molecule has 1 unspecified atom stereocenters. The highest BCUT2D eigenvalue weighted by molar-refractivity contribution is 5.38. The first-order chi connectivity index (χ1) is 8.36. The number of hydrogen-bond acceptors (Lipinski definition) is 4. The van der Waals surface area contributed by atoms with Crippen LogP contribution in [0.15, 0.2) is 42.6 Å². The number of hydrogen-bond donors (Lipinski definition) is 0. The van der Waals surface area contributed by atoms with E-state index in [1.165, 1.54) is 0 Å². The Bertz CT molecular complexity index is 474. The van der Waals surface area contributed by atoms with Gasteiger partial charge >= 0.3 is 0 Å². The van der Waals surface area contributed by atoms with E-state index in [9.17, 15) is 0 Å². The van der Waals surface area contributed by atoms with Gasteiger partial charge in [0.15, 0.2) is 0 Å². The van der Waals surface area contributed by atoms with Crippen molar-refractivity contribution in [1.82, 2.24) is 10.2 Å². The van der Waals surface area contributed by atoms with Crippen molar-refractivity contribution >= 4 is 0 Å². The van der Waals surface area contributed by atoms with Gasteiger partial charge in [-0.2, -0.15) is 10.2 Å². The quantitative estimate of drug-likeness (QED) is 0.807. The van der Waals surface area contributed by atoms with Crippen molar-refractivity contribution < 1.29 is 9.47 Å². The first kappa shape index (κ1) is 11.5. The Labute approximate surface area is 100 Å². The number of methoxy groups -OCH3 is 2. The lowest BCUT2D eigenvalue weighted by molar-refractivity contribution is 0.129. The lowest BCUT2D eigenvalue weighted by atomic mass is 10.1. The predicted octanol–water partition coefficient (Wildman–Crippen LogP) is 2.22. The van der Waals surface area contributed by atoms with E-state index >= 15 is 0 Å². The maximum atomic E-state index is 5.48. The third-order valence-corrected chi connectivity index (χ3v) is 2.52. The molecule has 0 spiro atoms. The molecule has 88 valence electrons. The summed E-state index contributed by atoms with van der Waals surface area (Å²) in [5.41, 5.74) is 1.71. The van der Waals surface area contributed by atoms with Crippen molar-refractivity contribution in [3.8, 4) is 5.75 Å². The highest BCUT2D eigenvalue weighted by atomic mass is 16.5. The Morgan fingerprint density at radius 1 is 1.06 bits per heavy atom. The topological polar surface area (TPSA) is 44.2 Å². The van der Waals surface area contributed by atoms with Crippen molar-refractivity contribution in [2.45, 2.75) is 6.10 Å². The normalized spacial score (nSPS) is 12.1. The molecule has 2 rings (SSSR count). The SMILES string of the molecule is COc1ccccc1C(OC)c1cccnn1. The van der Waals surface area contributed by atoms with Crippen LogP contribution < -0.4 is 4.74 Å². The first-order valence-corrected chi connectivity index (χ1v) is 5.30. The van der Waals surface area contributed by atoms with Crippen LogP contribution in [0.25, 0.3) is 0 Å². The second-order valence-corrected chi connectivity index (χ2v) is 3.51. The lowest BCUT2D eigenvalue weighted by Crippen LogP contribution is -2.07. The number of nitrogens with zero attached hydrogens (tertiary/aromatic N) is 2. The third kappa shape index (κ3) is 2.42. The van der Waals surface area contributed by atoms with Crippen LogP contribution in [0.1, 0.15) is 17.4 Å². The maximum absolute atomic E-state index is 5.48. The molecule has 0 saturated heterocycles. The van der Waals surface area contributed by atoms with Gasteiger partial charge in [0.05, 0.1) is 12.8 Å². The molecule has 0 amide bonds. The summed E-state index contributed by atoms with van der Waals surface area (Å²) in [6.45, 7) is 0. The van der Waals surface area contributed by atoms with E-state index in [1.807, 2.05) is 36.4 Å². The van der Waals surface area contributed by atoms with E-state index in [2.05, 4.69) is 10.2 Å². The fourth-order valence-electron chi connectivity index (χ4n) is 1.74. The fraction of sp³-hybridized carbons (Fsp3) is 0.231. The molecule has 4 nitrogen and oxygen atoms in total. The number of rotatable bonds is 4. The monoisotopic (exact) mass is 230 g/mol. The van der Waals surface area contributed by atoms with E-state index in [4.69, 9.17) is 9.47 Å². The van der Waals surface area contributed by atoms with Crippen LogP contribution in [0, 0.1) is 0 Å². The number of aromatic nitrogens is 2. The summed E-state index contributed by atoms with van der Waals surface area (Å²) in [6.07, 6.45) is 1.37. The van der Waals surface area contributed by atoms with Gasteiger partial charge in [0.1, 0.15) is 11.9 Å². The van der Waals surface area contributed by atoms with E-state index < -0.39 is 0 Å². The van der Waals surface area contributed by atoms with Gasteiger partial charge < -0.3 is 9.47 Å². The molecule has 17 heavy (non-hydrogen) atoms. The van der Waals surface area contributed by atoms with E-state index in [0.29, 0.717) is 0 Å². The number of benzene rings is 1. The lowest BCUT2D eigenvalue weighted by Gasteiger charge is -2.17. The van der Waals surface area contributed by atoms with Crippen molar-refractivity contribution in [1.29, 1.82) is 0 Å². The van der Waals surface area contributed by atoms with E-state index in [-0.39, 0.29) is 6.10 Å². The molecule has 0 fully saturated rings. The van der Waals surface area contributed by atoms with Crippen LogP contribution in [0.5, 0.6) is 5.75 Å². The number of para-hydroxylation sites is 1. The second kappa shape index (κ2) is 5.41. The van der Waals surface area contributed by atoms with Crippen LogP contribution in [-0.2, 0) is 4.74 Å². The molecule has 0 N–H and O–H groups in total. The molecule has 1 aromatic carbocycles. The summed E-state index contributed by atoms with van der Waals surface area (Å²) in [4.78, 5) is 0. The Kier molecular flexibility index (Phi) is 3.67. The van der Waals surface area contributed by atoms with Crippen LogP contribution >= 0.6 is 0 Å². The van der Waals surface area contributed by atoms with Gasteiger partial charge in [-0.25, -0.2) is 0 Å². The molecule has 1 atom stereocenters. The van der Waals surface area contributed by atoms with Crippen molar-refractivity contribution in [2.75, 3.05) is 14.2 Å². The summed E-state index contributed by atoms with van der Waals surface area (Å²) < 4.78 is 10.8. The minimum Gasteiger partial charge on any atom is -0.496 e. The second-order valence-electron chi connectivity index (χ2n) is 3.51. The highest BCUT2D eigenvalue weighted by Crippen LogP contribution is 2.30. The Hall–Kier alpha value is -1.94. The van der Waals surface area contributed by atoms with E-state index in [1.54, 1.807) is 20.4 Å². The van der Waals surface area contributed by atoms with Crippen LogP contribution in [0.3, 0.4) is 0 Å². The van der Waals surface area contributed by atoms with Gasteiger partial charge in [-0.1, -0.05) is 18.2 Å². The minimum atomic E-state index is -0.264. The Balaban J connectivity index is 2.42. The first-order valence-electron chi connectivity index (χ1n) is 5.30. The van der Waals surface area contributed by atoms with Gasteiger partial charge in [0, 0.05) is 18.9 Å². The molecule has 0 bridgehead atoms. The largest absolute Gasteiger partial charge is 0.496 e. The summed E-state index contributed by atoms with van der Waals surface area (Å²) in [7, 11) is 3.29. The average molecular weight is 230 g/mol. The molecule has 0 saturated carbocycles. The summed E-state index contributed by atoms with van der Waals surface area (Å²) >= 11 is 0. The maximum Gasteiger partial charge on any atom is 0.129 e. The van der Waals surface area contributed by atoms with Gasteiger partial charge in [0.25, 0.3) is 0 Å². The molecule has 0 aliphatic rings. The Morgan fingerprint density at radius 3 is 2.53 bits per heavy atom. The van der Waals surface area contributed by atoms with Crippen molar-refractivity contribution in [3.63, 3.8) is 0 Å². The van der Waals surface area contributed by atoms with Crippen LogP contribution in [0.4, 0.5) is 0 Å². The summed E-state index contributed by atoms with van der Waals surface area (Å²) in [5.74, 6) is 0.782. The molecule has 2 aromatic rings. The minimum absolute atomic E-state index is 0.264. The Morgan fingerprint density at radius 2 is 1.88 bits per heavy atom. The molecule has 0 aliphatic carbocycles.